The first-order valence-electron chi connectivity index (χ1n) is 7.73. The van der Waals surface area contributed by atoms with Crippen LogP contribution in [0.5, 0.6) is 0 Å². The summed E-state index contributed by atoms with van der Waals surface area (Å²) in [7, 11) is 0. The number of aldehydes is 1. The lowest BCUT2D eigenvalue weighted by Gasteiger charge is -2.32. The van der Waals surface area contributed by atoms with Gasteiger partial charge in [0, 0.05) is 18.4 Å². The highest BCUT2D eigenvalue weighted by Crippen LogP contribution is 2.35. The van der Waals surface area contributed by atoms with Crippen molar-refractivity contribution in [3.05, 3.63) is 12.2 Å². The lowest BCUT2D eigenvalue weighted by molar-refractivity contribution is -0.110. The molecule has 112 valence electrons. The number of rotatable bonds is 6. The van der Waals surface area contributed by atoms with Gasteiger partial charge in [-0.2, -0.15) is 0 Å². The van der Waals surface area contributed by atoms with E-state index in [1.807, 2.05) is 0 Å². The van der Waals surface area contributed by atoms with Gasteiger partial charge in [-0.15, -0.1) is 0 Å². The molecule has 0 aromatic heterocycles. The van der Waals surface area contributed by atoms with Gasteiger partial charge in [0.1, 0.15) is 6.29 Å². The van der Waals surface area contributed by atoms with Crippen LogP contribution in [0, 0.1) is 11.3 Å². The molecule has 0 heterocycles. The van der Waals surface area contributed by atoms with Gasteiger partial charge in [-0.1, -0.05) is 25.0 Å². The first kappa shape index (κ1) is 15.1. The zero-order valence-corrected chi connectivity index (χ0v) is 12.1. The molecule has 20 heavy (non-hydrogen) atoms. The quantitative estimate of drug-likeness (QED) is 0.600. The van der Waals surface area contributed by atoms with Crippen molar-refractivity contribution >= 4 is 12.4 Å². The second kappa shape index (κ2) is 7.46. The summed E-state index contributed by atoms with van der Waals surface area (Å²) in [5, 5.41) is 2.86. The summed E-state index contributed by atoms with van der Waals surface area (Å²) in [6, 6.07) is 0. The fourth-order valence-electron chi connectivity index (χ4n) is 3.21. The molecule has 0 spiro atoms. The third-order valence-corrected chi connectivity index (χ3v) is 4.59. The number of nitrogens with one attached hydrogen (secondary N) is 1. The van der Waals surface area contributed by atoms with Crippen LogP contribution in [0.1, 0.15) is 51.4 Å². The van der Waals surface area contributed by atoms with E-state index in [-0.39, 0.29) is 11.5 Å². The monoisotopic (exact) mass is 279 g/mol. The molecule has 0 radical (unpaired) electrons. The van der Waals surface area contributed by atoms with Crippen LogP contribution < -0.4 is 5.32 Å². The van der Waals surface area contributed by atoms with Crippen LogP contribution in [0.15, 0.2) is 12.2 Å². The summed E-state index contributed by atoms with van der Waals surface area (Å²) in [6.07, 6.45) is 13.0. The van der Waals surface area contributed by atoms with Gasteiger partial charge in [-0.3, -0.25) is 0 Å². The van der Waals surface area contributed by atoms with Crippen molar-refractivity contribution in [1.82, 2.24) is 5.32 Å². The van der Waals surface area contributed by atoms with Gasteiger partial charge in [-0.05, 0) is 38.0 Å². The van der Waals surface area contributed by atoms with Crippen LogP contribution in [-0.2, 0) is 9.53 Å². The van der Waals surface area contributed by atoms with Gasteiger partial charge < -0.3 is 14.8 Å². The van der Waals surface area contributed by atoms with Crippen molar-refractivity contribution in [2.45, 2.75) is 51.4 Å². The van der Waals surface area contributed by atoms with Gasteiger partial charge >= 0.3 is 6.09 Å². The number of hydrogen-bond donors (Lipinski definition) is 1. The average molecular weight is 279 g/mol. The summed E-state index contributed by atoms with van der Waals surface area (Å²) in [4.78, 5) is 22.6. The maximum Gasteiger partial charge on any atom is 0.407 e. The molecule has 1 saturated carbocycles. The van der Waals surface area contributed by atoms with E-state index in [1.165, 1.54) is 25.7 Å². The SMILES string of the molecule is O=CCC1(COC(=O)NCC2CCCC2)CC=CCC1. The Bertz CT molecular complexity index is 361. The van der Waals surface area contributed by atoms with Crippen molar-refractivity contribution in [3.8, 4) is 0 Å². The molecule has 0 aromatic rings. The topological polar surface area (TPSA) is 55.4 Å². The van der Waals surface area contributed by atoms with E-state index in [0.717, 1.165) is 32.1 Å². The number of amides is 1. The van der Waals surface area contributed by atoms with Gasteiger partial charge in [0.05, 0.1) is 6.61 Å². The van der Waals surface area contributed by atoms with Crippen molar-refractivity contribution in [1.29, 1.82) is 0 Å². The Balaban J connectivity index is 1.72. The number of ether oxygens (including phenoxy) is 1. The van der Waals surface area contributed by atoms with E-state index >= 15 is 0 Å². The van der Waals surface area contributed by atoms with Crippen LogP contribution in [0.25, 0.3) is 0 Å². The van der Waals surface area contributed by atoms with Crippen molar-refractivity contribution in [2.75, 3.05) is 13.2 Å². The fourth-order valence-corrected chi connectivity index (χ4v) is 3.21. The largest absolute Gasteiger partial charge is 0.449 e. The lowest BCUT2D eigenvalue weighted by Crippen LogP contribution is -2.35. The summed E-state index contributed by atoms with van der Waals surface area (Å²) >= 11 is 0. The molecule has 0 aliphatic heterocycles. The molecule has 0 aromatic carbocycles. The van der Waals surface area contributed by atoms with Crippen LogP contribution in [0.4, 0.5) is 4.79 Å². The highest BCUT2D eigenvalue weighted by atomic mass is 16.5. The molecule has 1 fully saturated rings. The Morgan fingerprint density at radius 3 is 2.80 bits per heavy atom. The van der Waals surface area contributed by atoms with Gasteiger partial charge in [0.15, 0.2) is 0 Å². The lowest BCUT2D eigenvalue weighted by atomic mass is 9.75. The van der Waals surface area contributed by atoms with Crippen LogP contribution in [0.3, 0.4) is 0 Å². The molecular formula is C16H25NO3. The molecule has 0 saturated heterocycles. The second-order valence-corrected chi connectivity index (χ2v) is 6.19. The Morgan fingerprint density at radius 2 is 2.15 bits per heavy atom. The molecule has 2 rings (SSSR count). The van der Waals surface area contributed by atoms with E-state index in [0.29, 0.717) is 18.9 Å². The molecule has 4 heteroatoms. The number of hydrogen-bond acceptors (Lipinski definition) is 3. The molecule has 4 nitrogen and oxygen atoms in total. The third-order valence-electron chi connectivity index (χ3n) is 4.59. The van der Waals surface area contributed by atoms with Crippen LogP contribution >= 0.6 is 0 Å². The number of carbonyl (C=O) groups is 2. The standard InChI is InChI=1S/C16H25NO3/c18-11-10-16(8-4-1-5-9-16)13-20-15(19)17-12-14-6-2-3-7-14/h1,4,11,14H,2-3,5-10,12-13H2,(H,17,19). The maximum absolute atomic E-state index is 11.7. The predicted molar refractivity (Wildman–Crippen MR) is 77.4 cm³/mol. The van der Waals surface area contributed by atoms with Crippen molar-refractivity contribution < 1.29 is 14.3 Å². The van der Waals surface area contributed by atoms with E-state index in [1.54, 1.807) is 0 Å². The molecule has 0 bridgehead atoms. The summed E-state index contributed by atoms with van der Waals surface area (Å²) < 4.78 is 5.35. The minimum Gasteiger partial charge on any atom is -0.449 e. The average Bonchev–Trinajstić information content (AvgIpc) is 2.98. The van der Waals surface area contributed by atoms with E-state index in [4.69, 9.17) is 4.74 Å². The highest BCUT2D eigenvalue weighted by molar-refractivity contribution is 5.67. The zero-order chi connectivity index (χ0) is 14.3. The predicted octanol–water partition coefficient (Wildman–Crippen LogP) is 3.22. The molecule has 1 N–H and O–H groups in total. The van der Waals surface area contributed by atoms with Crippen LogP contribution in [-0.4, -0.2) is 25.5 Å². The Hall–Kier alpha value is -1.32. The highest BCUT2D eigenvalue weighted by Gasteiger charge is 2.31. The minimum atomic E-state index is -0.336. The number of carbonyl (C=O) groups excluding carboxylic acids is 2. The molecule has 1 amide bonds. The van der Waals surface area contributed by atoms with E-state index in [9.17, 15) is 9.59 Å². The zero-order valence-electron chi connectivity index (χ0n) is 12.1. The molecular weight excluding hydrogens is 254 g/mol. The van der Waals surface area contributed by atoms with Gasteiger partial charge in [0.2, 0.25) is 0 Å². The van der Waals surface area contributed by atoms with Crippen molar-refractivity contribution in [2.24, 2.45) is 11.3 Å². The maximum atomic E-state index is 11.7. The summed E-state index contributed by atoms with van der Waals surface area (Å²) in [6.45, 7) is 1.06. The third kappa shape index (κ3) is 4.36. The second-order valence-electron chi connectivity index (χ2n) is 6.19. The van der Waals surface area contributed by atoms with Gasteiger partial charge in [0.25, 0.3) is 0 Å². The Kier molecular flexibility index (Phi) is 5.62. The first-order valence-corrected chi connectivity index (χ1v) is 7.73. The fraction of sp³-hybridized carbons (Fsp3) is 0.750. The van der Waals surface area contributed by atoms with E-state index < -0.39 is 0 Å². The summed E-state index contributed by atoms with van der Waals surface area (Å²) in [5.41, 5.74) is -0.179. The Morgan fingerprint density at radius 1 is 1.35 bits per heavy atom. The van der Waals surface area contributed by atoms with Crippen molar-refractivity contribution in [3.63, 3.8) is 0 Å². The summed E-state index contributed by atoms with van der Waals surface area (Å²) in [5.74, 6) is 0.615. The number of alkyl carbamates (subject to hydrolysis) is 1. The smallest absolute Gasteiger partial charge is 0.407 e. The van der Waals surface area contributed by atoms with Crippen LogP contribution in [0.2, 0.25) is 0 Å². The normalized spacial score (nSPS) is 26.4. The van der Waals surface area contributed by atoms with Gasteiger partial charge in [-0.25, -0.2) is 4.79 Å². The Labute approximate surface area is 120 Å². The first-order chi connectivity index (χ1) is 9.74. The van der Waals surface area contributed by atoms with E-state index in [2.05, 4.69) is 17.5 Å². The minimum absolute atomic E-state index is 0.179. The molecule has 2 aliphatic rings. The number of allylic oxidation sites excluding steroid dienone is 2. The molecule has 2 aliphatic carbocycles. The molecule has 1 atom stereocenters. The molecule has 1 unspecified atom stereocenters.